The first-order valence-electron chi connectivity index (χ1n) is 15.6. The van der Waals surface area contributed by atoms with Gasteiger partial charge in [-0.2, -0.15) is 21.4 Å². The molecule has 0 bridgehead atoms. The Kier molecular flexibility index (Phi) is 9.65. The number of anilines is 1. The monoisotopic (exact) mass is 677 g/mol. The van der Waals surface area contributed by atoms with Crippen LogP contribution in [0.25, 0.3) is 33.4 Å². The summed E-state index contributed by atoms with van der Waals surface area (Å²) in [6.45, 7) is 0.945. The van der Waals surface area contributed by atoms with Gasteiger partial charge in [0.05, 0.1) is 17.2 Å². The number of unbranched alkanes of at least 4 members (excludes halogenated alkanes) is 2. The standard InChI is InChI=1S/C35H36N2O8S2/c38-46(39,40)21-9-7-19-36-30-23-28(26-11-3-1-4-12-26)15-17-32(30)44-34(36)25-35-37(20-8-10-22-47(41,42)43)31-24-29(16-18-33(31)45-35)27-13-5-2-6-14-27/h1-6,11-18,23-24,34H,7-10,19-22,25H2,(H-,38,39,40,41,42,43)/p+1. The summed E-state index contributed by atoms with van der Waals surface area (Å²) < 4.78 is 79.1. The van der Waals surface area contributed by atoms with Crippen LogP contribution in [-0.2, 0) is 33.2 Å². The molecule has 0 aliphatic carbocycles. The number of rotatable bonds is 14. The van der Waals surface area contributed by atoms with Gasteiger partial charge < -0.3 is 14.1 Å². The molecule has 0 amide bonds. The van der Waals surface area contributed by atoms with E-state index in [1.807, 2.05) is 89.5 Å². The second-order valence-corrected chi connectivity index (χ2v) is 14.8. The van der Waals surface area contributed by atoms with Crippen LogP contribution in [0.2, 0.25) is 0 Å². The lowest BCUT2D eigenvalue weighted by atomic mass is 10.0. The molecule has 246 valence electrons. The van der Waals surface area contributed by atoms with Gasteiger partial charge in [-0.1, -0.05) is 72.8 Å². The summed E-state index contributed by atoms with van der Waals surface area (Å²) in [6.07, 6.45) is 1.44. The Hall–Kier alpha value is -4.23. The number of nitrogens with zero attached hydrogens (tertiary/aromatic N) is 2. The fraction of sp³-hybridized carbons (Fsp3) is 0.286. The van der Waals surface area contributed by atoms with Gasteiger partial charge in [-0.3, -0.25) is 9.11 Å². The summed E-state index contributed by atoms with van der Waals surface area (Å²) in [5, 5.41) is 0. The third-order valence-corrected chi connectivity index (χ3v) is 9.92. The second-order valence-electron chi connectivity index (χ2n) is 11.7. The van der Waals surface area contributed by atoms with Gasteiger partial charge in [-0.15, -0.1) is 0 Å². The molecule has 0 fully saturated rings. The molecule has 1 aliphatic heterocycles. The molecule has 0 saturated heterocycles. The summed E-state index contributed by atoms with van der Waals surface area (Å²) in [4.78, 5) is 2.11. The molecule has 4 aromatic carbocycles. The summed E-state index contributed by atoms with van der Waals surface area (Å²) in [5.41, 5.74) is 6.55. The highest BCUT2D eigenvalue weighted by Crippen LogP contribution is 2.41. The Morgan fingerprint density at radius 2 is 1.28 bits per heavy atom. The fourth-order valence-electron chi connectivity index (χ4n) is 6.04. The number of oxazole rings is 1. The number of hydrogen-bond acceptors (Lipinski definition) is 7. The summed E-state index contributed by atoms with van der Waals surface area (Å²) in [7, 11) is -8.15. The second kappa shape index (κ2) is 13.9. The average molecular weight is 678 g/mol. The smallest absolute Gasteiger partial charge is 0.353 e. The maximum Gasteiger partial charge on any atom is 0.353 e. The van der Waals surface area contributed by atoms with E-state index in [-0.39, 0.29) is 24.3 Å². The van der Waals surface area contributed by atoms with Crippen molar-refractivity contribution >= 4 is 37.0 Å². The van der Waals surface area contributed by atoms with Gasteiger partial charge in [0.1, 0.15) is 12.2 Å². The Balaban J connectivity index is 1.33. The number of benzene rings is 4. The van der Waals surface area contributed by atoms with Crippen LogP contribution in [0, 0.1) is 0 Å². The molecule has 2 heterocycles. The zero-order chi connectivity index (χ0) is 33.0. The van der Waals surface area contributed by atoms with Crippen LogP contribution >= 0.6 is 0 Å². The lowest BCUT2D eigenvalue weighted by Gasteiger charge is -2.24. The summed E-state index contributed by atoms with van der Waals surface area (Å²) in [6, 6.07) is 32.0. The van der Waals surface area contributed by atoms with Crippen LogP contribution in [0.4, 0.5) is 5.69 Å². The molecule has 2 N–H and O–H groups in total. The van der Waals surface area contributed by atoms with Crippen molar-refractivity contribution in [3.8, 4) is 28.0 Å². The van der Waals surface area contributed by atoms with Gasteiger partial charge >= 0.3 is 5.89 Å². The van der Waals surface area contributed by atoms with E-state index < -0.39 is 26.5 Å². The fourth-order valence-corrected chi connectivity index (χ4v) is 7.18. The first-order chi connectivity index (χ1) is 22.5. The Bertz CT molecular complexity index is 2070. The number of aromatic nitrogens is 1. The van der Waals surface area contributed by atoms with Crippen molar-refractivity contribution in [2.24, 2.45) is 0 Å². The minimum atomic E-state index is -4.07. The molecule has 0 spiro atoms. The molecule has 6 rings (SSSR count). The molecule has 0 radical (unpaired) electrons. The molecule has 0 saturated carbocycles. The van der Waals surface area contributed by atoms with Gasteiger partial charge in [0.15, 0.2) is 12.8 Å². The van der Waals surface area contributed by atoms with Gasteiger partial charge in [0.25, 0.3) is 25.8 Å². The zero-order valence-electron chi connectivity index (χ0n) is 25.7. The van der Waals surface area contributed by atoms with E-state index in [9.17, 15) is 25.9 Å². The van der Waals surface area contributed by atoms with E-state index in [2.05, 4.69) is 17.0 Å². The molecule has 10 nitrogen and oxygen atoms in total. The maximum absolute atomic E-state index is 11.4. The minimum absolute atomic E-state index is 0.282. The van der Waals surface area contributed by atoms with E-state index in [4.69, 9.17) is 9.15 Å². The molecule has 1 unspecified atom stereocenters. The van der Waals surface area contributed by atoms with Gasteiger partial charge in [-0.05, 0) is 59.7 Å². The van der Waals surface area contributed by atoms with Crippen molar-refractivity contribution in [3.05, 3.63) is 103 Å². The lowest BCUT2D eigenvalue weighted by molar-refractivity contribution is -0.685. The van der Waals surface area contributed by atoms with Crippen LogP contribution in [-0.4, -0.2) is 50.2 Å². The lowest BCUT2D eigenvalue weighted by Crippen LogP contribution is -2.43. The number of hydrogen-bond donors (Lipinski definition) is 2. The summed E-state index contributed by atoms with van der Waals surface area (Å²) in [5.74, 6) is 0.698. The van der Waals surface area contributed by atoms with Crippen LogP contribution in [0.1, 0.15) is 31.6 Å². The van der Waals surface area contributed by atoms with Gasteiger partial charge in [0, 0.05) is 19.0 Å². The largest absolute Gasteiger partial charge is 0.468 e. The minimum Gasteiger partial charge on any atom is -0.468 e. The maximum atomic E-state index is 11.4. The third kappa shape index (κ3) is 8.20. The first kappa shape index (κ1) is 32.7. The Morgan fingerprint density at radius 1 is 0.681 bits per heavy atom. The van der Waals surface area contributed by atoms with Crippen LogP contribution in [0.3, 0.4) is 0 Å². The van der Waals surface area contributed by atoms with Crippen molar-refractivity contribution in [3.63, 3.8) is 0 Å². The highest BCUT2D eigenvalue weighted by molar-refractivity contribution is 7.86. The van der Waals surface area contributed by atoms with Crippen LogP contribution in [0.15, 0.2) is 101 Å². The Morgan fingerprint density at radius 3 is 1.91 bits per heavy atom. The van der Waals surface area contributed by atoms with E-state index >= 15 is 0 Å². The molecule has 47 heavy (non-hydrogen) atoms. The van der Waals surface area contributed by atoms with Crippen molar-refractivity contribution in [2.45, 2.75) is 44.9 Å². The van der Waals surface area contributed by atoms with E-state index in [0.717, 1.165) is 33.5 Å². The zero-order valence-corrected chi connectivity index (χ0v) is 27.4. The average Bonchev–Trinajstić information content (AvgIpc) is 3.57. The van der Waals surface area contributed by atoms with Gasteiger partial charge in [0.2, 0.25) is 5.58 Å². The SMILES string of the molecule is O=S(=O)(O)CCCCN1c2cc(-c3ccccc3)ccc2OC1Cc1oc2ccc(-c3ccccc3)cc2[n+]1CCCCS(=O)(=O)O. The summed E-state index contributed by atoms with van der Waals surface area (Å²) >= 11 is 0. The van der Waals surface area contributed by atoms with Crippen molar-refractivity contribution in [2.75, 3.05) is 23.0 Å². The van der Waals surface area contributed by atoms with E-state index in [1.165, 1.54) is 0 Å². The molecule has 12 heteroatoms. The first-order valence-corrected chi connectivity index (χ1v) is 18.8. The molecular weight excluding hydrogens is 641 g/mol. The predicted molar refractivity (Wildman–Crippen MR) is 180 cm³/mol. The topological polar surface area (TPSA) is 138 Å². The van der Waals surface area contributed by atoms with Crippen molar-refractivity contribution in [1.29, 1.82) is 0 Å². The molecular formula is C35H37N2O8S2+. The van der Waals surface area contributed by atoms with Gasteiger partial charge in [-0.25, -0.2) is 0 Å². The van der Waals surface area contributed by atoms with Crippen LogP contribution < -0.4 is 14.2 Å². The number of fused-ring (bicyclic) bond motifs is 2. The molecule has 1 aliphatic rings. The number of aryl methyl sites for hydroxylation is 1. The normalized spacial score (nSPS) is 14.8. The molecule has 1 atom stereocenters. The van der Waals surface area contributed by atoms with Crippen molar-refractivity contribution in [1.82, 2.24) is 0 Å². The van der Waals surface area contributed by atoms with E-state index in [0.29, 0.717) is 49.6 Å². The Labute approximate surface area is 274 Å². The third-order valence-electron chi connectivity index (χ3n) is 8.31. The van der Waals surface area contributed by atoms with E-state index in [1.54, 1.807) is 0 Å². The quantitative estimate of drug-likeness (QED) is 0.0804. The molecule has 5 aromatic rings. The predicted octanol–water partition coefficient (Wildman–Crippen LogP) is 6.16. The van der Waals surface area contributed by atoms with Crippen LogP contribution in [0.5, 0.6) is 5.75 Å². The highest BCUT2D eigenvalue weighted by atomic mass is 32.2. The van der Waals surface area contributed by atoms with Crippen molar-refractivity contribution < 1.29 is 39.7 Å². The number of ether oxygens (including phenoxy) is 1. The highest BCUT2D eigenvalue weighted by Gasteiger charge is 2.36. The molecule has 1 aromatic heterocycles.